The second-order valence-electron chi connectivity index (χ2n) is 4.24. The molecular formula is C14H17FN2O2. The van der Waals surface area contributed by atoms with E-state index in [4.69, 9.17) is 9.15 Å². The summed E-state index contributed by atoms with van der Waals surface area (Å²) in [6, 6.07) is 5.50. The number of aromatic nitrogens is 1. The van der Waals surface area contributed by atoms with Gasteiger partial charge in [-0.1, -0.05) is 6.07 Å². The molecule has 2 rings (SSSR count). The molecular weight excluding hydrogens is 247 g/mol. The molecule has 0 saturated heterocycles. The first kappa shape index (κ1) is 13.4. The lowest BCUT2D eigenvalue weighted by atomic mass is 10.1. The molecule has 5 heteroatoms. The van der Waals surface area contributed by atoms with Gasteiger partial charge in [0.25, 0.3) is 6.01 Å². The van der Waals surface area contributed by atoms with Crippen LogP contribution in [0.3, 0.4) is 0 Å². The molecule has 0 spiro atoms. The average molecular weight is 264 g/mol. The van der Waals surface area contributed by atoms with Crippen molar-refractivity contribution in [2.24, 2.45) is 0 Å². The maximum Gasteiger partial charge on any atom is 0.294 e. The number of oxazole rings is 1. The van der Waals surface area contributed by atoms with Gasteiger partial charge in [0, 0.05) is 7.05 Å². The van der Waals surface area contributed by atoms with Crippen LogP contribution in [0.15, 0.2) is 22.6 Å². The Morgan fingerprint density at radius 1 is 1.37 bits per heavy atom. The molecule has 4 nitrogen and oxygen atoms in total. The highest BCUT2D eigenvalue weighted by molar-refractivity contribution is 5.30. The van der Waals surface area contributed by atoms with Crippen LogP contribution in [0.2, 0.25) is 0 Å². The summed E-state index contributed by atoms with van der Waals surface area (Å²) in [4.78, 5) is 4.30. The second-order valence-corrected chi connectivity index (χ2v) is 4.24. The van der Waals surface area contributed by atoms with Gasteiger partial charge in [0.15, 0.2) is 11.6 Å². The standard InChI is InChI=1S/C14H17FN2O2/c1-9-12(17-14(16-2)19-9)6-4-10-5-7-13(18-3)11(15)8-10/h5,7-8H,4,6H2,1-3H3,(H,16,17). The Kier molecular flexibility index (Phi) is 4.04. The number of methoxy groups -OCH3 is 1. The van der Waals surface area contributed by atoms with Crippen molar-refractivity contribution in [2.75, 3.05) is 19.5 Å². The van der Waals surface area contributed by atoms with E-state index in [-0.39, 0.29) is 11.6 Å². The summed E-state index contributed by atoms with van der Waals surface area (Å²) in [6.07, 6.45) is 1.42. The molecule has 1 aromatic heterocycles. The molecule has 0 aliphatic heterocycles. The number of aryl methyl sites for hydroxylation is 3. The first-order valence-electron chi connectivity index (χ1n) is 6.10. The van der Waals surface area contributed by atoms with E-state index in [2.05, 4.69) is 10.3 Å². The molecule has 2 aromatic rings. The first-order valence-corrected chi connectivity index (χ1v) is 6.10. The molecule has 19 heavy (non-hydrogen) atoms. The number of nitrogens with zero attached hydrogens (tertiary/aromatic N) is 1. The van der Waals surface area contributed by atoms with Gasteiger partial charge in [-0.3, -0.25) is 0 Å². The maximum absolute atomic E-state index is 13.5. The topological polar surface area (TPSA) is 47.3 Å². The highest BCUT2D eigenvalue weighted by atomic mass is 19.1. The molecule has 0 unspecified atom stereocenters. The van der Waals surface area contributed by atoms with E-state index in [9.17, 15) is 4.39 Å². The molecule has 0 bridgehead atoms. The SMILES string of the molecule is CNc1nc(CCc2ccc(OC)c(F)c2)c(C)o1. The number of rotatable bonds is 5. The molecule has 0 fully saturated rings. The van der Waals surface area contributed by atoms with E-state index in [1.165, 1.54) is 13.2 Å². The monoisotopic (exact) mass is 264 g/mol. The molecule has 0 aliphatic rings. The summed E-state index contributed by atoms with van der Waals surface area (Å²) in [6.45, 7) is 1.87. The third kappa shape index (κ3) is 3.05. The predicted octanol–water partition coefficient (Wildman–Crippen LogP) is 2.96. The van der Waals surface area contributed by atoms with E-state index >= 15 is 0 Å². The van der Waals surface area contributed by atoms with Crippen molar-refractivity contribution >= 4 is 6.01 Å². The molecule has 0 aliphatic carbocycles. The summed E-state index contributed by atoms with van der Waals surface area (Å²) in [5.41, 5.74) is 1.80. The normalized spacial score (nSPS) is 10.5. The summed E-state index contributed by atoms with van der Waals surface area (Å²) in [7, 11) is 3.21. The van der Waals surface area contributed by atoms with Crippen molar-refractivity contribution in [2.45, 2.75) is 19.8 Å². The van der Waals surface area contributed by atoms with Crippen LogP contribution < -0.4 is 10.1 Å². The lowest BCUT2D eigenvalue weighted by Crippen LogP contribution is -1.96. The molecule has 0 amide bonds. The van der Waals surface area contributed by atoms with Gasteiger partial charge in [0.05, 0.1) is 12.8 Å². The van der Waals surface area contributed by atoms with Crippen LogP contribution in [0.5, 0.6) is 5.75 Å². The predicted molar refractivity (Wildman–Crippen MR) is 71.1 cm³/mol. The van der Waals surface area contributed by atoms with E-state index in [0.29, 0.717) is 18.9 Å². The minimum absolute atomic E-state index is 0.263. The zero-order chi connectivity index (χ0) is 13.8. The fourth-order valence-corrected chi connectivity index (χ4v) is 1.90. The smallest absolute Gasteiger partial charge is 0.294 e. The number of hydrogen-bond donors (Lipinski definition) is 1. The largest absolute Gasteiger partial charge is 0.494 e. The van der Waals surface area contributed by atoms with Gasteiger partial charge in [-0.15, -0.1) is 0 Å². The molecule has 1 heterocycles. The third-order valence-corrected chi connectivity index (χ3v) is 2.97. The average Bonchev–Trinajstić information content (AvgIpc) is 2.77. The van der Waals surface area contributed by atoms with Crippen LogP contribution in [-0.4, -0.2) is 19.1 Å². The van der Waals surface area contributed by atoms with Crippen LogP contribution in [0.25, 0.3) is 0 Å². The lowest BCUT2D eigenvalue weighted by molar-refractivity contribution is 0.386. The molecule has 102 valence electrons. The van der Waals surface area contributed by atoms with Gasteiger partial charge in [0.2, 0.25) is 0 Å². The molecule has 0 saturated carbocycles. The Bertz CT molecular complexity index is 567. The number of hydrogen-bond acceptors (Lipinski definition) is 4. The zero-order valence-corrected chi connectivity index (χ0v) is 11.3. The van der Waals surface area contributed by atoms with Crippen LogP contribution in [0, 0.1) is 12.7 Å². The molecule has 0 radical (unpaired) electrons. The van der Waals surface area contributed by atoms with Gasteiger partial charge in [-0.05, 0) is 37.5 Å². The van der Waals surface area contributed by atoms with Gasteiger partial charge in [-0.25, -0.2) is 4.39 Å². The molecule has 1 N–H and O–H groups in total. The second kappa shape index (κ2) is 5.73. The number of nitrogens with one attached hydrogen (secondary N) is 1. The van der Waals surface area contributed by atoms with Gasteiger partial charge in [-0.2, -0.15) is 4.98 Å². The van der Waals surface area contributed by atoms with E-state index in [1.54, 1.807) is 13.1 Å². The van der Waals surface area contributed by atoms with Crippen molar-refractivity contribution in [1.29, 1.82) is 0 Å². The summed E-state index contributed by atoms with van der Waals surface area (Å²) in [5, 5.41) is 2.86. The number of halogens is 1. The number of benzene rings is 1. The van der Waals surface area contributed by atoms with Gasteiger partial charge in [0.1, 0.15) is 5.76 Å². The summed E-state index contributed by atoms with van der Waals surface area (Å²) >= 11 is 0. The van der Waals surface area contributed by atoms with Gasteiger partial charge < -0.3 is 14.5 Å². The quantitative estimate of drug-likeness (QED) is 0.902. The number of anilines is 1. The fraction of sp³-hybridized carbons (Fsp3) is 0.357. The minimum Gasteiger partial charge on any atom is -0.494 e. The Hall–Kier alpha value is -2.04. The Labute approximate surface area is 111 Å². The summed E-state index contributed by atoms with van der Waals surface area (Å²) in [5.74, 6) is 0.713. The first-order chi connectivity index (χ1) is 9.13. The molecule has 1 aromatic carbocycles. The van der Waals surface area contributed by atoms with Gasteiger partial charge >= 0.3 is 0 Å². The highest BCUT2D eigenvalue weighted by Gasteiger charge is 2.09. The fourth-order valence-electron chi connectivity index (χ4n) is 1.90. The van der Waals surface area contributed by atoms with Crippen molar-refractivity contribution in [3.63, 3.8) is 0 Å². The summed E-state index contributed by atoms with van der Waals surface area (Å²) < 4.78 is 23.8. The number of ether oxygens (including phenoxy) is 1. The zero-order valence-electron chi connectivity index (χ0n) is 11.3. The van der Waals surface area contributed by atoms with E-state index in [1.807, 2.05) is 13.0 Å². The Morgan fingerprint density at radius 2 is 2.16 bits per heavy atom. The van der Waals surface area contributed by atoms with E-state index < -0.39 is 0 Å². The Morgan fingerprint density at radius 3 is 2.74 bits per heavy atom. The highest BCUT2D eigenvalue weighted by Crippen LogP contribution is 2.20. The Balaban J connectivity index is 2.05. The van der Waals surface area contributed by atoms with Crippen LogP contribution >= 0.6 is 0 Å². The van der Waals surface area contributed by atoms with Crippen molar-refractivity contribution in [3.8, 4) is 5.75 Å². The maximum atomic E-state index is 13.5. The molecule has 0 atom stereocenters. The minimum atomic E-state index is -0.340. The van der Waals surface area contributed by atoms with Crippen LogP contribution in [-0.2, 0) is 12.8 Å². The van der Waals surface area contributed by atoms with E-state index in [0.717, 1.165) is 17.0 Å². The van der Waals surface area contributed by atoms with Crippen LogP contribution in [0.1, 0.15) is 17.0 Å². The van der Waals surface area contributed by atoms with Crippen molar-refractivity contribution in [3.05, 3.63) is 41.0 Å². The van der Waals surface area contributed by atoms with Crippen LogP contribution in [0.4, 0.5) is 10.4 Å². The van der Waals surface area contributed by atoms with Crippen molar-refractivity contribution < 1.29 is 13.5 Å². The lowest BCUT2D eigenvalue weighted by Gasteiger charge is -2.04. The van der Waals surface area contributed by atoms with Crippen molar-refractivity contribution in [1.82, 2.24) is 4.98 Å². The third-order valence-electron chi connectivity index (χ3n) is 2.97.